The maximum absolute atomic E-state index is 5.64. The van der Waals surface area contributed by atoms with Gasteiger partial charge in [0.2, 0.25) is 0 Å². The Hall–Kier alpha value is -1.06. The van der Waals surface area contributed by atoms with E-state index in [4.69, 9.17) is 9.57 Å². The zero-order chi connectivity index (χ0) is 11.5. The molecule has 2 aliphatic rings. The summed E-state index contributed by atoms with van der Waals surface area (Å²) in [5, 5.41) is 0. The molecule has 1 aliphatic carbocycles. The van der Waals surface area contributed by atoms with Gasteiger partial charge in [-0.1, -0.05) is 25.0 Å². The Morgan fingerprint density at radius 3 is 3.06 bits per heavy atom. The Balaban J connectivity index is 1.51. The Morgan fingerprint density at radius 2 is 2.18 bits per heavy atom. The molecular weight excluding hydrogens is 214 g/mol. The van der Waals surface area contributed by atoms with Gasteiger partial charge >= 0.3 is 0 Å². The minimum atomic E-state index is 0.424. The van der Waals surface area contributed by atoms with Crippen LogP contribution in [0.1, 0.15) is 36.8 Å². The molecule has 1 heterocycles. The molecule has 0 unspecified atom stereocenters. The molecule has 3 rings (SSSR count). The lowest BCUT2D eigenvalue weighted by molar-refractivity contribution is -0.0244. The number of fused-ring (bicyclic) bond motifs is 1. The summed E-state index contributed by atoms with van der Waals surface area (Å²) in [5.41, 5.74) is 5.69. The molecule has 0 bridgehead atoms. The lowest BCUT2D eigenvalue weighted by Gasteiger charge is -2.12. The SMILES string of the molecule is c1cc2c(cc1CNOC1CCCC1)CCO2. The number of hydrogen-bond donors (Lipinski definition) is 1. The first-order valence-electron chi connectivity index (χ1n) is 6.55. The summed E-state index contributed by atoms with van der Waals surface area (Å²) < 4.78 is 5.49. The van der Waals surface area contributed by atoms with Crippen molar-refractivity contribution in [3.8, 4) is 5.75 Å². The highest BCUT2D eigenvalue weighted by Crippen LogP contribution is 2.26. The van der Waals surface area contributed by atoms with Gasteiger partial charge in [0.1, 0.15) is 5.75 Å². The molecule has 0 atom stereocenters. The molecule has 1 aromatic rings. The average molecular weight is 233 g/mol. The van der Waals surface area contributed by atoms with E-state index in [0.29, 0.717) is 6.10 Å². The Morgan fingerprint density at radius 1 is 1.29 bits per heavy atom. The molecule has 0 radical (unpaired) electrons. The smallest absolute Gasteiger partial charge is 0.122 e. The first-order chi connectivity index (χ1) is 8.42. The van der Waals surface area contributed by atoms with E-state index in [1.165, 1.54) is 36.8 Å². The van der Waals surface area contributed by atoms with Gasteiger partial charge in [0.05, 0.1) is 12.7 Å². The van der Waals surface area contributed by atoms with Crippen LogP contribution in [0.3, 0.4) is 0 Å². The van der Waals surface area contributed by atoms with Crippen LogP contribution in [0.25, 0.3) is 0 Å². The largest absolute Gasteiger partial charge is 0.493 e. The fourth-order valence-corrected chi connectivity index (χ4v) is 2.60. The van der Waals surface area contributed by atoms with Crippen LogP contribution >= 0.6 is 0 Å². The van der Waals surface area contributed by atoms with Crippen LogP contribution in [0.2, 0.25) is 0 Å². The predicted molar refractivity (Wildman–Crippen MR) is 65.8 cm³/mol. The van der Waals surface area contributed by atoms with Crippen LogP contribution in [0.4, 0.5) is 0 Å². The third-order valence-corrected chi connectivity index (χ3v) is 3.58. The molecule has 1 N–H and O–H groups in total. The van der Waals surface area contributed by atoms with Gasteiger partial charge in [0.15, 0.2) is 0 Å². The van der Waals surface area contributed by atoms with E-state index < -0.39 is 0 Å². The highest BCUT2D eigenvalue weighted by molar-refractivity contribution is 5.39. The van der Waals surface area contributed by atoms with Crippen molar-refractivity contribution in [1.29, 1.82) is 0 Å². The van der Waals surface area contributed by atoms with Crippen LogP contribution in [0, 0.1) is 0 Å². The standard InChI is InChI=1S/C14H19NO2/c1-2-4-13(3-1)17-15-10-11-5-6-14-12(9-11)7-8-16-14/h5-6,9,13,15H,1-4,7-8,10H2. The van der Waals surface area contributed by atoms with E-state index in [2.05, 4.69) is 23.7 Å². The maximum Gasteiger partial charge on any atom is 0.122 e. The van der Waals surface area contributed by atoms with Gasteiger partial charge in [-0.15, -0.1) is 0 Å². The summed E-state index contributed by atoms with van der Waals surface area (Å²) in [7, 11) is 0. The van der Waals surface area contributed by atoms with Crippen molar-refractivity contribution in [2.75, 3.05) is 6.61 Å². The van der Waals surface area contributed by atoms with Gasteiger partial charge in [0.25, 0.3) is 0 Å². The van der Waals surface area contributed by atoms with Crippen LogP contribution in [-0.2, 0) is 17.8 Å². The summed E-state index contributed by atoms with van der Waals surface area (Å²) in [6.45, 7) is 1.61. The topological polar surface area (TPSA) is 30.5 Å². The van der Waals surface area contributed by atoms with E-state index in [9.17, 15) is 0 Å². The Labute approximate surface area is 102 Å². The van der Waals surface area contributed by atoms with Gasteiger partial charge in [-0.2, -0.15) is 5.48 Å². The summed E-state index contributed by atoms with van der Waals surface area (Å²) in [5.74, 6) is 1.05. The first-order valence-corrected chi connectivity index (χ1v) is 6.55. The molecule has 3 nitrogen and oxygen atoms in total. The van der Waals surface area contributed by atoms with Gasteiger partial charge < -0.3 is 4.74 Å². The maximum atomic E-state index is 5.64. The fourth-order valence-electron chi connectivity index (χ4n) is 2.60. The summed E-state index contributed by atoms with van der Waals surface area (Å²) in [4.78, 5) is 5.64. The van der Waals surface area contributed by atoms with Crippen molar-refractivity contribution < 1.29 is 9.57 Å². The van der Waals surface area contributed by atoms with E-state index in [1.807, 2.05) is 0 Å². The number of hydroxylamine groups is 1. The third kappa shape index (κ3) is 2.61. The lowest BCUT2D eigenvalue weighted by atomic mass is 10.1. The second kappa shape index (κ2) is 5.07. The summed E-state index contributed by atoms with van der Waals surface area (Å²) in [6, 6.07) is 6.39. The van der Waals surface area contributed by atoms with Crippen molar-refractivity contribution in [3.63, 3.8) is 0 Å². The molecule has 3 heteroatoms. The molecule has 92 valence electrons. The van der Waals surface area contributed by atoms with Crippen LogP contribution in [-0.4, -0.2) is 12.7 Å². The highest BCUT2D eigenvalue weighted by atomic mass is 16.7. The third-order valence-electron chi connectivity index (χ3n) is 3.58. The van der Waals surface area contributed by atoms with Gasteiger partial charge in [-0.3, -0.25) is 4.84 Å². The van der Waals surface area contributed by atoms with Crippen molar-refractivity contribution in [3.05, 3.63) is 29.3 Å². The minimum Gasteiger partial charge on any atom is -0.493 e. The summed E-state index contributed by atoms with van der Waals surface area (Å²) in [6.07, 6.45) is 6.47. The molecule has 17 heavy (non-hydrogen) atoms. The van der Waals surface area contributed by atoms with Crippen molar-refractivity contribution in [2.24, 2.45) is 0 Å². The van der Waals surface area contributed by atoms with Crippen LogP contribution in [0.15, 0.2) is 18.2 Å². The molecule has 1 saturated carbocycles. The molecule has 0 aromatic heterocycles. The van der Waals surface area contributed by atoms with E-state index >= 15 is 0 Å². The van der Waals surface area contributed by atoms with E-state index in [0.717, 1.165) is 25.3 Å². The number of hydrogen-bond acceptors (Lipinski definition) is 3. The number of ether oxygens (including phenoxy) is 1. The second-order valence-electron chi connectivity index (χ2n) is 4.89. The number of benzene rings is 1. The zero-order valence-corrected chi connectivity index (χ0v) is 10.1. The predicted octanol–water partition coefficient (Wildman–Crippen LogP) is 2.59. The Kier molecular flexibility index (Phi) is 3.29. The molecule has 1 fully saturated rings. The second-order valence-corrected chi connectivity index (χ2v) is 4.89. The lowest BCUT2D eigenvalue weighted by Crippen LogP contribution is -2.21. The van der Waals surface area contributed by atoms with Gasteiger partial charge in [-0.05, 0) is 30.0 Å². The van der Waals surface area contributed by atoms with E-state index in [1.54, 1.807) is 0 Å². The van der Waals surface area contributed by atoms with Gasteiger partial charge in [0, 0.05) is 13.0 Å². The molecule has 0 spiro atoms. The van der Waals surface area contributed by atoms with Crippen LogP contribution in [0.5, 0.6) is 5.75 Å². The molecule has 0 amide bonds. The molecule has 1 aromatic carbocycles. The summed E-state index contributed by atoms with van der Waals surface area (Å²) >= 11 is 0. The number of rotatable bonds is 4. The highest BCUT2D eigenvalue weighted by Gasteiger charge is 2.16. The van der Waals surface area contributed by atoms with Crippen molar-refractivity contribution in [2.45, 2.75) is 44.8 Å². The van der Waals surface area contributed by atoms with E-state index in [-0.39, 0.29) is 0 Å². The minimum absolute atomic E-state index is 0.424. The average Bonchev–Trinajstić information content (AvgIpc) is 2.98. The van der Waals surface area contributed by atoms with Crippen LogP contribution < -0.4 is 10.2 Å². The normalized spacial score (nSPS) is 19.3. The quantitative estimate of drug-likeness (QED) is 0.811. The Bertz CT molecular complexity index is 386. The molecular formula is C14H19NO2. The fraction of sp³-hybridized carbons (Fsp3) is 0.571. The molecule has 0 saturated heterocycles. The van der Waals surface area contributed by atoms with Crippen molar-refractivity contribution in [1.82, 2.24) is 5.48 Å². The molecule has 1 aliphatic heterocycles. The number of nitrogens with one attached hydrogen (secondary N) is 1. The van der Waals surface area contributed by atoms with Gasteiger partial charge in [-0.25, -0.2) is 0 Å². The van der Waals surface area contributed by atoms with Crippen molar-refractivity contribution >= 4 is 0 Å². The first kappa shape index (κ1) is 11.1. The monoisotopic (exact) mass is 233 g/mol. The zero-order valence-electron chi connectivity index (χ0n) is 10.1.